The molecule has 0 aromatic carbocycles. The minimum absolute atomic E-state index is 0. The predicted molar refractivity (Wildman–Crippen MR) is 43.6 cm³/mol. The molecule has 0 aliphatic carbocycles. The Morgan fingerprint density at radius 2 is 1.60 bits per heavy atom. The molecular weight excluding hydrogens is 197 g/mol. The molecule has 1 radical (unpaired) electrons. The first kappa shape index (κ1) is 16.9. The number of hydrogen-bond donors (Lipinski definition) is 0. The average molecular weight is 213 g/mol. The molecule has 0 amide bonds. The van der Waals surface area contributed by atoms with Crippen LogP contribution in [0.2, 0.25) is 0 Å². The molecule has 0 nitrogen and oxygen atoms in total. The molecule has 0 N–H and O–H groups in total. The molecule has 0 heterocycles. The van der Waals surface area contributed by atoms with Gasteiger partial charge in [-0.1, -0.05) is 19.8 Å². The van der Waals surface area contributed by atoms with Crippen molar-refractivity contribution in [3.8, 4) is 11.8 Å². The van der Waals surface area contributed by atoms with Crippen molar-refractivity contribution >= 4 is 0 Å². The van der Waals surface area contributed by atoms with Crippen LogP contribution in [0, 0.1) is 31.1 Å². The molecule has 0 saturated heterocycles. The van der Waals surface area contributed by atoms with E-state index < -0.39 is 0 Å². The van der Waals surface area contributed by atoms with Crippen LogP contribution in [0.1, 0.15) is 27.7 Å². The van der Waals surface area contributed by atoms with Crippen LogP contribution in [0.15, 0.2) is 0 Å². The van der Waals surface area contributed by atoms with Gasteiger partial charge in [0.2, 0.25) is 0 Å². The minimum atomic E-state index is 0. The zero-order valence-electron chi connectivity index (χ0n) is 7.44. The van der Waals surface area contributed by atoms with Gasteiger partial charge >= 0.3 is 0 Å². The molecule has 0 fully saturated rings. The second kappa shape index (κ2) is 16.3. The van der Waals surface area contributed by atoms with Gasteiger partial charge in [-0.15, -0.1) is 0 Å². The Balaban J connectivity index is -0.000000107. The molecule has 0 aromatic rings. The van der Waals surface area contributed by atoms with Crippen molar-refractivity contribution in [1.29, 1.82) is 0 Å². The fourth-order valence-corrected chi connectivity index (χ4v) is 0.204. The number of hydrogen-bond acceptors (Lipinski definition) is 0. The summed E-state index contributed by atoms with van der Waals surface area (Å²) < 4.78 is 0. The third kappa shape index (κ3) is 38.8. The third-order valence-corrected chi connectivity index (χ3v) is 0.391. The summed E-state index contributed by atoms with van der Waals surface area (Å²) in [7, 11) is 0. The smallest absolute Gasteiger partial charge is 0 e. The fourth-order valence-electron chi connectivity index (χ4n) is 0.204. The summed E-state index contributed by atoms with van der Waals surface area (Å²) in [6.07, 6.45) is 2.00. The molecule has 0 rings (SSSR count). The van der Waals surface area contributed by atoms with Crippen LogP contribution in [-0.4, -0.2) is 0 Å². The maximum absolute atomic E-state index is 3.36. The van der Waals surface area contributed by atoms with Crippen molar-refractivity contribution in [1.82, 2.24) is 0 Å². The SMILES string of the molecule is C[CH-]C.[CH2-]C#CC(C)C.[Y]. The molecule has 10 heavy (non-hydrogen) atoms. The summed E-state index contributed by atoms with van der Waals surface area (Å²) in [4.78, 5) is 0. The predicted octanol–water partition coefficient (Wildman–Crippen LogP) is 2.71. The second-order valence-electron chi connectivity index (χ2n) is 2.05. The zero-order valence-corrected chi connectivity index (χ0v) is 10.3. The Bertz CT molecular complexity index is 84.6. The molecule has 0 unspecified atom stereocenters. The van der Waals surface area contributed by atoms with Crippen molar-refractivity contribution in [3.63, 3.8) is 0 Å². The molecule has 0 saturated carbocycles. The van der Waals surface area contributed by atoms with E-state index in [2.05, 4.69) is 18.8 Å². The van der Waals surface area contributed by atoms with E-state index >= 15 is 0 Å². The van der Waals surface area contributed by atoms with Gasteiger partial charge in [-0.25, -0.2) is 0 Å². The van der Waals surface area contributed by atoms with Crippen LogP contribution in [-0.2, 0) is 32.7 Å². The summed E-state index contributed by atoms with van der Waals surface area (Å²) in [5.41, 5.74) is 0. The summed E-state index contributed by atoms with van der Waals surface area (Å²) in [5, 5.41) is 0. The maximum Gasteiger partial charge on any atom is 0 e. The van der Waals surface area contributed by atoms with E-state index in [1.807, 2.05) is 34.1 Å². The first-order valence-corrected chi connectivity index (χ1v) is 3.20. The number of rotatable bonds is 0. The van der Waals surface area contributed by atoms with E-state index in [1.54, 1.807) is 0 Å². The van der Waals surface area contributed by atoms with Gasteiger partial charge in [-0.2, -0.15) is 20.8 Å². The van der Waals surface area contributed by atoms with Gasteiger partial charge in [0.25, 0.3) is 0 Å². The van der Waals surface area contributed by atoms with Gasteiger partial charge in [0, 0.05) is 32.7 Å². The van der Waals surface area contributed by atoms with Gasteiger partial charge < -0.3 is 12.3 Å². The van der Waals surface area contributed by atoms with Gasteiger partial charge in [0.15, 0.2) is 0 Å². The van der Waals surface area contributed by atoms with Gasteiger partial charge in [-0.3, -0.25) is 5.92 Å². The Kier molecular flexibility index (Phi) is 27.4. The largest absolute Gasteiger partial charge is 0.335 e. The van der Waals surface area contributed by atoms with Gasteiger partial charge in [-0.05, 0) is 0 Å². The van der Waals surface area contributed by atoms with Crippen LogP contribution in [0.4, 0.5) is 0 Å². The topological polar surface area (TPSA) is 0 Å². The van der Waals surface area contributed by atoms with Crippen LogP contribution < -0.4 is 0 Å². The van der Waals surface area contributed by atoms with E-state index in [0.717, 1.165) is 0 Å². The second-order valence-corrected chi connectivity index (χ2v) is 2.05. The Hall–Kier alpha value is 0.534. The Labute approximate surface area is 91.0 Å². The third-order valence-electron chi connectivity index (χ3n) is 0.391. The summed E-state index contributed by atoms with van der Waals surface area (Å²) in [6.45, 7) is 11.4. The van der Waals surface area contributed by atoms with Crippen LogP contribution >= 0.6 is 0 Å². The normalized spacial score (nSPS) is 6.10. The minimum Gasteiger partial charge on any atom is -0.335 e. The van der Waals surface area contributed by atoms with Crippen molar-refractivity contribution < 1.29 is 32.7 Å². The molecule has 1 heteroatoms. The molecule has 0 aliphatic heterocycles. The molecule has 0 aliphatic rings. The zero-order chi connectivity index (χ0) is 7.70. The van der Waals surface area contributed by atoms with Crippen LogP contribution in [0.25, 0.3) is 0 Å². The molecule has 0 spiro atoms. The first-order valence-electron chi connectivity index (χ1n) is 3.20. The van der Waals surface area contributed by atoms with Crippen LogP contribution in [0.5, 0.6) is 0 Å². The van der Waals surface area contributed by atoms with Crippen LogP contribution in [0.3, 0.4) is 0 Å². The first-order chi connectivity index (χ1) is 4.18. The standard InChI is InChI=1S/C6H9.C3H7.Y/c1-4-5-6(2)3;1-3-2;/h6H,1H2,2-3H3;3H,1-2H3;/q2*-1;. The van der Waals surface area contributed by atoms with E-state index in [-0.39, 0.29) is 32.7 Å². The van der Waals surface area contributed by atoms with E-state index in [4.69, 9.17) is 0 Å². The van der Waals surface area contributed by atoms with Crippen molar-refractivity contribution in [2.24, 2.45) is 5.92 Å². The van der Waals surface area contributed by atoms with E-state index in [0.29, 0.717) is 5.92 Å². The Morgan fingerprint density at radius 1 is 1.30 bits per heavy atom. The van der Waals surface area contributed by atoms with Crippen molar-refractivity contribution in [2.75, 3.05) is 0 Å². The molecular formula is C9H16Y-2. The monoisotopic (exact) mass is 213 g/mol. The summed E-state index contributed by atoms with van der Waals surface area (Å²) in [5.74, 6) is 5.89. The molecule has 0 aromatic heterocycles. The van der Waals surface area contributed by atoms with Crippen molar-refractivity contribution in [2.45, 2.75) is 27.7 Å². The van der Waals surface area contributed by atoms with E-state index in [1.165, 1.54) is 0 Å². The van der Waals surface area contributed by atoms with Gasteiger partial charge in [0.05, 0.1) is 0 Å². The quantitative estimate of drug-likeness (QED) is 0.428. The van der Waals surface area contributed by atoms with Crippen molar-refractivity contribution in [3.05, 3.63) is 13.3 Å². The summed E-state index contributed by atoms with van der Waals surface area (Å²) in [6, 6.07) is 0. The Morgan fingerprint density at radius 3 is 1.60 bits per heavy atom. The fraction of sp³-hybridized carbons (Fsp3) is 0.556. The van der Waals surface area contributed by atoms with E-state index in [9.17, 15) is 0 Å². The van der Waals surface area contributed by atoms with Gasteiger partial charge in [0.1, 0.15) is 0 Å². The molecule has 0 bridgehead atoms. The molecule has 57 valence electrons. The maximum atomic E-state index is 3.36. The average Bonchev–Trinajstić information content (AvgIpc) is 1.67. The summed E-state index contributed by atoms with van der Waals surface area (Å²) >= 11 is 0. The molecule has 0 atom stereocenters.